The van der Waals surface area contributed by atoms with E-state index in [1.165, 1.54) is 33.3 Å². The summed E-state index contributed by atoms with van der Waals surface area (Å²) in [5, 5.41) is 1.32. The molecule has 0 N–H and O–H groups in total. The van der Waals surface area contributed by atoms with Gasteiger partial charge in [-0.15, -0.1) is 0 Å². The summed E-state index contributed by atoms with van der Waals surface area (Å²) in [7, 11) is 1.64. The topological polar surface area (TPSA) is 27.1 Å². The lowest BCUT2D eigenvalue weighted by Gasteiger charge is -2.22. The summed E-state index contributed by atoms with van der Waals surface area (Å²) in [4.78, 5) is 4.35. The Labute approximate surface area is 185 Å². The number of fused-ring (bicyclic) bond motifs is 1. The van der Waals surface area contributed by atoms with Gasteiger partial charge in [-0.25, -0.2) is 4.98 Å². The van der Waals surface area contributed by atoms with Gasteiger partial charge in [0, 0.05) is 41.4 Å². The Morgan fingerprint density at radius 2 is 1.65 bits per heavy atom. The van der Waals surface area contributed by atoms with Crippen molar-refractivity contribution in [2.24, 2.45) is 0 Å². The molecule has 0 spiro atoms. The predicted molar refractivity (Wildman–Crippen MR) is 129 cm³/mol. The summed E-state index contributed by atoms with van der Waals surface area (Å²) in [6.45, 7) is 10.1. The molecule has 0 radical (unpaired) electrons. The quantitative estimate of drug-likeness (QED) is 0.351. The molecule has 3 heteroatoms. The van der Waals surface area contributed by atoms with Gasteiger partial charge in [0.1, 0.15) is 0 Å². The summed E-state index contributed by atoms with van der Waals surface area (Å²) in [5.74, 6) is 0.951. The molecule has 2 aromatic carbocycles. The monoisotopic (exact) mass is 412 g/mol. The third-order valence-electron chi connectivity index (χ3n) is 6.15. The molecular formula is C28H32N2O. The van der Waals surface area contributed by atoms with E-state index >= 15 is 0 Å². The van der Waals surface area contributed by atoms with Crippen molar-refractivity contribution < 1.29 is 4.74 Å². The largest absolute Gasteiger partial charge is 0.481 e. The van der Waals surface area contributed by atoms with Crippen LogP contribution in [0, 0.1) is 0 Å². The highest BCUT2D eigenvalue weighted by molar-refractivity contribution is 5.81. The van der Waals surface area contributed by atoms with Crippen LogP contribution in [0.5, 0.6) is 5.88 Å². The van der Waals surface area contributed by atoms with Gasteiger partial charge in [0.15, 0.2) is 0 Å². The van der Waals surface area contributed by atoms with Gasteiger partial charge in [-0.1, -0.05) is 76.2 Å². The van der Waals surface area contributed by atoms with Crippen molar-refractivity contribution in [3.05, 3.63) is 95.3 Å². The number of nitrogens with zero attached hydrogens (tertiary/aromatic N) is 2. The summed E-state index contributed by atoms with van der Waals surface area (Å²) >= 11 is 0. The Bertz CT molecular complexity index is 1150. The molecule has 3 nitrogen and oxygen atoms in total. The van der Waals surface area contributed by atoms with Crippen LogP contribution < -0.4 is 4.74 Å². The SMILES string of the molecule is COc1ccc(C(C)c2ccc(CCn3c(C(C)(C)C)cc4ccccc43)cc2)cn1. The van der Waals surface area contributed by atoms with Crippen LogP contribution in [0.25, 0.3) is 10.9 Å². The van der Waals surface area contributed by atoms with Gasteiger partial charge >= 0.3 is 0 Å². The number of para-hydroxylation sites is 1. The fraction of sp³-hybridized carbons (Fsp3) is 0.321. The average molecular weight is 413 g/mol. The lowest BCUT2D eigenvalue weighted by molar-refractivity contribution is 0.397. The molecule has 1 atom stereocenters. The molecule has 0 aliphatic carbocycles. The Kier molecular flexibility index (Phi) is 5.86. The first-order valence-electron chi connectivity index (χ1n) is 11.0. The lowest BCUT2D eigenvalue weighted by Crippen LogP contribution is -2.18. The van der Waals surface area contributed by atoms with Gasteiger partial charge in [-0.05, 0) is 40.6 Å². The number of aromatic nitrogens is 2. The highest BCUT2D eigenvalue weighted by Crippen LogP contribution is 2.30. The first-order valence-corrected chi connectivity index (χ1v) is 11.0. The maximum absolute atomic E-state index is 5.17. The standard InChI is InChI=1S/C28H32N2O/c1-20(24-14-15-27(31-5)29-19-24)22-12-10-21(11-13-22)16-17-30-25-9-7-6-8-23(25)18-26(30)28(2,3)4/h6-15,18-20H,16-17H2,1-5H3. The van der Waals surface area contributed by atoms with E-state index in [9.17, 15) is 0 Å². The number of aryl methyl sites for hydroxylation is 2. The second-order valence-corrected chi connectivity index (χ2v) is 9.34. The molecule has 0 bridgehead atoms. The second kappa shape index (κ2) is 8.58. The molecule has 0 aliphatic heterocycles. The molecule has 0 saturated carbocycles. The van der Waals surface area contributed by atoms with E-state index in [0.717, 1.165) is 13.0 Å². The number of pyridine rings is 1. The fourth-order valence-electron chi connectivity index (χ4n) is 4.25. The Morgan fingerprint density at radius 1 is 0.935 bits per heavy atom. The highest BCUT2D eigenvalue weighted by atomic mass is 16.5. The predicted octanol–water partition coefficient (Wildman–Crippen LogP) is 6.74. The zero-order valence-corrected chi connectivity index (χ0v) is 19.2. The number of ether oxygens (including phenoxy) is 1. The van der Waals surface area contributed by atoms with E-state index in [1.54, 1.807) is 7.11 Å². The smallest absolute Gasteiger partial charge is 0.212 e. The molecule has 0 fully saturated rings. The van der Waals surface area contributed by atoms with E-state index in [4.69, 9.17) is 4.74 Å². The Morgan fingerprint density at radius 3 is 2.29 bits per heavy atom. The van der Waals surface area contributed by atoms with Crippen molar-refractivity contribution in [3.63, 3.8) is 0 Å². The molecule has 160 valence electrons. The van der Waals surface area contributed by atoms with Gasteiger partial charge in [0.25, 0.3) is 0 Å². The van der Waals surface area contributed by atoms with Crippen molar-refractivity contribution in [3.8, 4) is 5.88 Å². The Hall–Kier alpha value is -3.07. The summed E-state index contributed by atoms with van der Waals surface area (Å²) < 4.78 is 7.67. The normalized spacial score (nSPS) is 12.8. The van der Waals surface area contributed by atoms with Gasteiger partial charge in [-0.3, -0.25) is 0 Å². The van der Waals surface area contributed by atoms with Crippen molar-refractivity contribution >= 4 is 10.9 Å². The average Bonchev–Trinajstić information content (AvgIpc) is 3.17. The van der Waals surface area contributed by atoms with E-state index in [0.29, 0.717) is 11.8 Å². The number of methoxy groups -OCH3 is 1. The summed E-state index contributed by atoms with van der Waals surface area (Å²) in [6.07, 6.45) is 2.92. The van der Waals surface area contributed by atoms with Crippen molar-refractivity contribution in [2.75, 3.05) is 7.11 Å². The van der Waals surface area contributed by atoms with Gasteiger partial charge < -0.3 is 9.30 Å². The first kappa shape index (κ1) is 21.2. The third kappa shape index (κ3) is 4.51. The molecule has 2 aromatic heterocycles. The van der Waals surface area contributed by atoms with Crippen LogP contribution in [0.15, 0.2) is 72.9 Å². The molecule has 31 heavy (non-hydrogen) atoms. The zero-order valence-electron chi connectivity index (χ0n) is 19.2. The summed E-state index contributed by atoms with van der Waals surface area (Å²) in [6, 6.07) is 24.1. The molecule has 4 rings (SSSR count). The van der Waals surface area contributed by atoms with Gasteiger partial charge in [0.2, 0.25) is 5.88 Å². The minimum Gasteiger partial charge on any atom is -0.481 e. The maximum Gasteiger partial charge on any atom is 0.212 e. The zero-order chi connectivity index (χ0) is 22.0. The van der Waals surface area contributed by atoms with Crippen LogP contribution in [0.2, 0.25) is 0 Å². The van der Waals surface area contributed by atoms with Crippen molar-refractivity contribution in [2.45, 2.75) is 52.0 Å². The minimum absolute atomic E-state index is 0.116. The molecule has 0 saturated heterocycles. The lowest BCUT2D eigenvalue weighted by atomic mass is 9.91. The van der Waals surface area contributed by atoms with Crippen LogP contribution in [-0.2, 0) is 18.4 Å². The van der Waals surface area contributed by atoms with Crippen LogP contribution in [0.1, 0.15) is 56.0 Å². The highest BCUT2D eigenvalue weighted by Gasteiger charge is 2.20. The number of hydrogen-bond donors (Lipinski definition) is 0. The van der Waals surface area contributed by atoms with E-state index in [1.807, 2.05) is 12.3 Å². The molecule has 2 heterocycles. The Balaban J connectivity index is 1.51. The number of benzene rings is 2. The van der Waals surface area contributed by atoms with E-state index in [-0.39, 0.29) is 5.41 Å². The molecule has 4 aromatic rings. The molecule has 0 amide bonds. The molecule has 1 unspecified atom stereocenters. The van der Waals surface area contributed by atoms with Crippen molar-refractivity contribution in [1.82, 2.24) is 9.55 Å². The van der Waals surface area contributed by atoms with Crippen molar-refractivity contribution in [1.29, 1.82) is 0 Å². The van der Waals surface area contributed by atoms with Crippen LogP contribution in [0.4, 0.5) is 0 Å². The van der Waals surface area contributed by atoms with Gasteiger partial charge in [-0.2, -0.15) is 0 Å². The first-order chi connectivity index (χ1) is 14.9. The summed E-state index contributed by atoms with van der Waals surface area (Å²) in [5.41, 5.74) is 6.70. The van der Waals surface area contributed by atoms with Crippen LogP contribution in [0.3, 0.4) is 0 Å². The number of hydrogen-bond acceptors (Lipinski definition) is 2. The maximum atomic E-state index is 5.17. The van der Waals surface area contributed by atoms with Gasteiger partial charge in [0.05, 0.1) is 7.11 Å². The second-order valence-electron chi connectivity index (χ2n) is 9.34. The fourth-order valence-corrected chi connectivity index (χ4v) is 4.25. The van der Waals surface area contributed by atoms with Crippen LogP contribution in [-0.4, -0.2) is 16.7 Å². The molecule has 0 aliphatic rings. The van der Waals surface area contributed by atoms with Crippen LogP contribution >= 0.6 is 0 Å². The molecular weight excluding hydrogens is 380 g/mol. The number of rotatable bonds is 6. The van der Waals surface area contributed by atoms with E-state index < -0.39 is 0 Å². The minimum atomic E-state index is 0.116. The van der Waals surface area contributed by atoms with E-state index in [2.05, 4.69) is 97.9 Å². The third-order valence-corrected chi connectivity index (χ3v) is 6.15.